The molecule has 150 valence electrons. The summed E-state index contributed by atoms with van der Waals surface area (Å²) in [7, 11) is 0. The molecule has 0 saturated heterocycles. The highest BCUT2D eigenvalue weighted by Gasteiger charge is 2.30. The molecule has 2 fully saturated rings. The van der Waals surface area contributed by atoms with E-state index in [1.54, 1.807) is 0 Å². The van der Waals surface area contributed by atoms with Crippen molar-refractivity contribution in [3.63, 3.8) is 0 Å². The first-order chi connectivity index (χ1) is 13.3. The predicted octanol–water partition coefficient (Wildman–Crippen LogP) is 8.15. The van der Waals surface area contributed by atoms with E-state index in [9.17, 15) is 0 Å². The van der Waals surface area contributed by atoms with E-state index in [2.05, 4.69) is 50.3 Å². The van der Waals surface area contributed by atoms with Gasteiger partial charge in [0.1, 0.15) is 0 Å². The molecule has 0 aliphatic heterocycles. The molecule has 2 aliphatic rings. The largest absolute Gasteiger partial charge is 0.0879 e. The summed E-state index contributed by atoms with van der Waals surface area (Å²) in [6.45, 7) is 4.57. The molecule has 1 aromatic rings. The Morgan fingerprint density at radius 3 is 1.81 bits per heavy atom. The van der Waals surface area contributed by atoms with E-state index in [0.717, 1.165) is 36.5 Å². The normalized spacial score (nSPS) is 29.3. The quantitative estimate of drug-likeness (QED) is 0.407. The Kier molecular flexibility index (Phi) is 8.49. The molecule has 27 heavy (non-hydrogen) atoms. The van der Waals surface area contributed by atoms with Crippen LogP contribution in [0.1, 0.15) is 95.6 Å². The summed E-state index contributed by atoms with van der Waals surface area (Å²) >= 11 is 0. The maximum Gasteiger partial charge on any atom is -0.00975 e. The molecule has 0 atom stereocenters. The first-order valence-corrected chi connectivity index (χ1v) is 12.0. The topological polar surface area (TPSA) is 0 Å². The van der Waals surface area contributed by atoms with Gasteiger partial charge in [0.15, 0.2) is 0 Å². The van der Waals surface area contributed by atoms with E-state index in [-0.39, 0.29) is 0 Å². The zero-order valence-electron chi connectivity index (χ0n) is 18.0. The van der Waals surface area contributed by atoms with Crippen molar-refractivity contribution in [3.8, 4) is 0 Å². The Bertz CT molecular complexity index is 536. The molecule has 0 bridgehead atoms. The Balaban J connectivity index is 1.32. The molecule has 2 saturated carbocycles. The van der Waals surface area contributed by atoms with Crippen LogP contribution in [0.4, 0.5) is 0 Å². The average molecular weight is 367 g/mol. The SMILES string of the molecule is CCCC1CCC(C2CCC(CC=CCc3ccc(CC)cc3)CC2)CC1. The van der Waals surface area contributed by atoms with Crippen molar-refractivity contribution in [1.29, 1.82) is 0 Å². The fourth-order valence-electron chi connectivity index (χ4n) is 5.67. The lowest BCUT2D eigenvalue weighted by molar-refractivity contribution is 0.144. The summed E-state index contributed by atoms with van der Waals surface area (Å²) in [5, 5.41) is 0. The molecule has 1 aromatic carbocycles. The fraction of sp³-hybridized carbons (Fsp3) is 0.704. The maximum absolute atomic E-state index is 2.47. The van der Waals surface area contributed by atoms with Gasteiger partial charge in [-0.15, -0.1) is 0 Å². The number of allylic oxidation sites excluding steroid dienone is 2. The van der Waals surface area contributed by atoms with E-state index >= 15 is 0 Å². The standard InChI is InChI=1S/C27H42/c1-3-7-23-14-18-26(19-15-23)27-20-16-25(17-21-27)9-6-5-8-24-12-10-22(4-2)11-13-24/h5-6,10-13,23,25-27H,3-4,7-9,14-21H2,1-2H3. The van der Waals surface area contributed by atoms with Gasteiger partial charge in [-0.1, -0.05) is 75.9 Å². The van der Waals surface area contributed by atoms with Crippen LogP contribution in [-0.4, -0.2) is 0 Å². The van der Waals surface area contributed by atoms with Crippen LogP contribution in [0, 0.1) is 23.7 Å². The van der Waals surface area contributed by atoms with Crippen molar-refractivity contribution in [2.45, 2.75) is 97.3 Å². The van der Waals surface area contributed by atoms with Crippen molar-refractivity contribution in [1.82, 2.24) is 0 Å². The summed E-state index contributed by atoms with van der Waals surface area (Å²) in [6, 6.07) is 9.15. The van der Waals surface area contributed by atoms with Crippen molar-refractivity contribution in [2.24, 2.45) is 23.7 Å². The van der Waals surface area contributed by atoms with E-state index in [4.69, 9.17) is 0 Å². The molecule has 0 N–H and O–H groups in total. The highest BCUT2D eigenvalue weighted by atomic mass is 14.4. The van der Waals surface area contributed by atoms with Crippen molar-refractivity contribution < 1.29 is 0 Å². The van der Waals surface area contributed by atoms with Gasteiger partial charge >= 0.3 is 0 Å². The van der Waals surface area contributed by atoms with Gasteiger partial charge in [-0.2, -0.15) is 0 Å². The number of aryl methyl sites for hydroxylation is 1. The molecule has 2 aliphatic carbocycles. The molecule has 0 heteroatoms. The average Bonchev–Trinajstić information content (AvgIpc) is 2.73. The summed E-state index contributed by atoms with van der Waals surface area (Å²) in [6.07, 6.45) is 23.4. The Morgan fingerprint density at radius 2 is 1.26 bits per heavy atom. The van der Waals surface area contributed by atoms with Gasteiger partial charge in [-0.25, -0.2) is 0 Å². The number of hydrogen-bond donors (Lipinski definition) is 0. The molecule has 0 nitrogen and oxygen atoms in total. The second kappa shape index (κ2) is 11.1. The third-order valence-electron chi connectivity index (χ3n) is 7.57. The third-order valence-corrected chi connectivity index (χ3v) is 7.57. The van der Waals surface area contributed by atoms with Crippen LogP contribution in [0.3, 0.4) is 0 Å². The number of rotatable bonds is 8. The molecular weight excluding hydrogens is 324 g/mol. The first-order valence-electron chi connectivity index (χ1n) is 12.0. The number of benzene rings is 1. The second-order valence-corrected chi connectivity index (χ2v) is 9.43. The van der Waals surface area contributed by atoms with Crippen LogP contribution in [0.2, 0.25) is 0 Å². The molecule has 0 radical (unpaired) electrons. The minimum Gasteiger partial charge on any atom is -0.0879 e. The van der Waals surface area contributed by atoms with Crippen molar-refractivity contribution in [2.75, 3.05) is 0 Å². The summed E-state index contributed by atoms with van der Waals surface area (Å²) in [5.74, 6) is 4.15. The molecular formula is C27H42. The van der Waals surface area contributed by atoms with E-state index in [1.807, 2.05) is 0 Å². The van der Waals surface area contributed by atoms with Gasteiger partial charge in [0, 0.05) is 0 Å². The molecule has 0 unspecified atom stereocenters. The Morgan fingerprint density at radius 1 is 0.704 bits per heavy atom. The number of hydrogen-bond acceptors (Lipinski definition) is 0. The Hall–Kier alpha value is -1.04. The minimum atomic E-state index is 0.955. The third kappa shape index (κ3) is 6.51. The van der Waals surface area contributed by atoms with Crippen LogP contribution in [0.15, 0.2) is 36.4 Å². The van der Waals surface area contributed by atoms with Gasteiger partial charge in [0.2, 0.25) is 0 Å². The predicted molar refractivity (Wildman–Crippen MR) is 119 cm³/mol. The lowest BCUT2D eigenvalue weighted by Gasteiger charge is -2.37. The van der Waals surface area contributed by atoms with Crippen LogP contribution in [0.25, 0.3) is 0 Å². The lowest BCUT2D eigenvalue weighted by Crippen LogP contribution is -2.25. The maximum atomic E-state index is 2.47. The highest BCUT2D eigenvalue weighted by molar-refractivity contribution is 5.24. The molecule has 0 aromatic heterocycles. The molecule has 0 heterocycles. The Labute approximate surface area is 168 Å². The van der Waals surface area contributed by atoms with Crippen molar-refractivity contribution in [3.05, 3.63) is 47.5 Å². The van der Waals surface area contributed by atoms with Crippen LogP contribution in [0.5, 0.6) is 0 Å². The van der Waals surface area contributed by atoms with Crippen molar-refractivity contribution >= 4 is 0 Å². The van der Waals surface area contributed by atoms with Gasteiger partial charge in [-0.3, -0.25) is 0 Å². The monoisotopic (exact) mass is 366 g/mol. The fourth-order valence-corrected chi connectivity index (χ4v) is 5.67. The van der Waals surface area contributed by atoms with E-state index in [1.165, 1.54) is 81.8 Å². The molecule has 0 amide bonds. The highest BCUT2D eigenvalue weighted by Crippen LogP contribution is 2.42. The summed E-state index contributed by atoms with van der Waals surface area (Å²) in [5.41, 5.74) is 2.89. The zero-order chi connectivity index (χ0) is 18.9. The zero-order valence-corrected chi connectivity index (χ0v) is 18.0. The van der Waals surface area contributed by atoms with Gasteiger partial charge < -0.3 is 0 Å². The smallest absolute Gasteiger partial charge is 0.00975 e. The summed E-state index contributed by atoms with van der Waals surface area (Å²) < 4.78 is 0. The molecule has 0 spiro atoms. The lowest BCUT2D eigenvalue weighted by atomic mass is 9.68. The summed E-state index contributed by atoms with van der Waals surface area (Å²) in [4.78, 5) is 0. The van der Waals surface area contributed by atoms with Gasteiger partial charge in [0.05, 0.1) is 0 Å². The van der Waals surface area contributed by atoms with E-state index in [0.29, 0.717) is 0 Å². The van der Waals surface area contributed by atoms with Crippen LogP contribution in [-0.2, 0) is 12.8 Å². The van der Waals surface area contributed by atoms with Gasteiger partial charge in [0.25, 0.3) is 0 Å². The second-order valence-electron chi connectivity index (χ2n) is 9.43. The van der Waals surface area contributed by atoms with Crippen LogP contribution >= 0.6 is 0 Å². The van der Waals surface area contributed by atoms with E-state index < -0.39 is 0 Å². The molecule has 3 rings (SSSR count). The minimum absolute atomic E-state index is 0.955. The van der Waals surface area contributed by atoms with Gasteiger partial charge in [-0.05, 0) is 92.6 Å². The van der Waals surface area contributed by atoms with Crippen LogP contribution < -0.4 is 0 Å². The first kappa shape index (κ1) is 20.7.